The average molecular weight is 158 g/mol. The molecule has 6 heavy (non-hydrogen) atoms. The monoisotopic (exact) mass is 157 g/mol. The molecule has 4 heteroatoms. The normalized spacial score (nSPS) is 6.17. The van der Waals surface area contributed by atoms with Crippen molar-refractivity contribution >= 4 is 17.6 Å². The van der Waals surface area contributed by atoms with E-state index in [1.54, 1.807) is 0 Å². The van der Waals surface area contributed by atoms with E-state index in [1.165, 1.54) is 0 Å². The van der Waals surface area contributed by atoms with Crippen LogP contribution >= 0.6 is 11.6 Å². The van der Waals surface area contributed by atoms with Crippen LogP contribution in [0.1, 0.15) is 0 Å². The topological polar surface area (TPSA) is 37.3 Å². The van der Waals surface area contributed by atoms with Crippen LogP contribution in [0, 0.1) is 0 Å². The molecule has 0 aromatic rings. The van der Waals surface area contributed by atoms with Crippen molar-refractivity contribution in [3.8, 4) is 0 Å². The number of carboxylic acid groups (broad SMARTS) is 1. The van der Waals surface area contributed by atoms with Gasteiger partial charge in [0.15, 0.2) is 0 Å². The third kappa shape index (κ3) is 8.86. The summed E-state index contributed by atoms with van der Waals surface area (Å²) < 4.78 is 0. The zero-order chi connectivity index (χ0) is 4.28. The molecule has 1 radical (unpaired) electrons. The number of aliphatic carboxylic acids is 1. The fraction of sp³-hybridized carbons (Fsp3) is 0.500. The standard InChI is InChI=1S/C2H3ClO2.Cu/c3-1-2(4)5;/h1H2,(H,4,5);. The fourth-order valence-corrected chi connectivity index (χ4v) is 0. The number of carbonyl (C=O) groups is 1. The number of rotatable bonds is 1. The zero-order valence-corrected chi connectivity index (χ0v) is 4.44. The van der Waals surface area contributed by atoms with Gasteiger partial charge in [0.25, 0.3) is 0 Å². The number of alkyl halides is 1. The van der Waals surface area contributed by atoms with E-state index < -0.39 is 5.97 Å². The summed E-state index contributed by atoms with van der Waals surface area (Å²) in [6.45, 7) is 0. The Kier molecular flexibility index (Phi) is 8.41. The van der Waals surface area contributed by atoms with E-state index in [9.17, 15) is 4.79 Å². The summed E-state index contributed by atoms with van der Waals surface area (Å²) >= 11 is 4.74. The average Bonchev–Trinajstić information content (AvgIpc) is 1.38. The van der Waals surface area contributed by atoms with Crippen LogP contribution in [0.25, 0.3) is 0 Å². The molecule has 0 saturated carbocycles. The molecule has 0 aliphatic heterocycles. The summed E-state index contributed by atoms with van der Waals surface area (Å²) in [6.07, 6.45) is 0. The van der Waals surface area contributed by atoms with E-state index in [1.807, 2.05) is 0 Å². The summed E-state index contributed by atoms with van der Waals surface area (Å²) in [5, 5.41) is 7.59. The van der Waals surface area contributed by atoms with E-state index in [2.05, 4.69) is 0 Å². The van der Waals surface area contributed by atoms with Crippen LogP contribution in [-0.2, 0) is 21.9 Å². The smallest absolute Gasteiger partial charge is 0.318 e. The molecule has 0 heterocycles. The van der Waals surface area contributed by atoms with E-state index in [0.29, 0.717) is 0 Å². The Bertz CT molecular complexity index is 46.8. The molecule has 0 aromatic heterocycles. The Labute approximate surface area is 51.0 Å². The van der Waals surface area contributed by atoms with E-state index in [-0.39, 0.29) is 22.9 Å². The van der Waals surface area contributed by atoms with Crippen LogP contribution in [0.4, 0.5) is 0 Å². The number of carboxylic acids is 1. The van der Waals surface area contributed by atoms with Crippen molar-refractivity contribution in [2.45, 2.75) is 0 Å². The van der Waals surface area contributed by atoms with Gasteiger partial charge in [0.2, 0.25) is 0 Å². The first-order valence-electron chi connectivity index (χ1n) is 1.05. The van der Waals surface area contributed by atoms with Gasteiger partial charge < -0.3 is 5.11 Å². The van der Waals surface area contributed by atoms with Gasteiger partial charge in [-0.1, -0.05) is 0 Å². The maximum Gasteiger partial charge on any atom is 0.318 e. The molecule has 1 N–H and O–H groups in total. The van der Waals surface area contributed by atoms with Gasteiger partial charge in [0.1, 0.15) is 5.88 Å². The Hall–Kier alpha value is 0.279. The van der Waals surface area contributed by atoms with Crippen molar-refractivity contribution in [2.24, 2.45) is 0 Å². The van der Waals surface area contributed by atoms with Gasteiger partial charge in [-0.15, -0.1) is 11.6 Å². The van der Waals surface area contributed by atoms with Crippen molar-refractivity contribution in [3.63, 3.8) is 0 Å². The molecule has 0 amide bonds. The minimum Gasteiger partial charge on any atom is -0.480 e. The first kappa shape index (κ1) is 9.56. The van der Waals surface area contributed by atoms with Crippen LogP contribution in [-0.4, -0.2) is 17.0 Å². The maximum absolute atomic E-state index is 9.24. The summed E-state index contributed by atoms with van der Waals surface area (Å²) in [5.74, 6) is -1.29. The molecule has 0 rings (SSSR count). The predicted octanol–water partition coefficient (Wildman–Crippen LogP) is 0.307. The Morgan fingerprint density at radius 2 is 2.00 bits per heavy atom. The third-order valence-corrected chi connectivity index (χ3v) is 0.343. The van der Waals surface area contributed by atoms with E-state index in [0.717, 1.165) is 0 Å². The molecule has 0 saturated heterocycles. The predicted molar refractivity (Wildman–Crippen MR) is 18.4 cm³/mol. The third-order valence-electron chi connectivity index (χ3n) is 0.114. The second-order valence-corrected chi connectivity index (χ2v) is 0.795. The largest absolute Gasteiger partial charge is 0.480 e. The molecule has 0 unspecified atom stereocenters. The molecule has 0 atom stereocenters. The Morgan fingerprint density at radius 1 is 1.83 bits per heavy atom. The maximum atomic E-state index is 9.24. The van der Waals surface area contributed by atoms with Crippen molar-refractivity contribution < 1.29 is 27.0 Å². The van der Waals surface area contributed by atoms with Gasteiger partial charge in [0.05, 0.1) is 0 Å². The molecule has 0 aliphatic carbocycles. The Balaban J connectivity index is 0. The van der Waals surface area contributed by atoms with Crippen LogP contribution < -0.4 is 0 Å². The van der Waals surface area contributed by atoms with Gasteiger partial charge in [-0.3, -0.25) is 4.79 Å². The van der Waals surface area contributed by atoms with Gasteiger partial charge in [-0.2, -0.15) is 0 Å². The van der Waals surface area contributed by atoms with E-state index >= 15 is 0 Å². The van der Waals surface area contributed by atoms with E-state index in [4.69, 9.17) is 16.7 Å². The molecule has 0 bridgehead atoms. The minimum absolute atomic E-state index is 0. The van der Waals surface area contributed by atoms with Gasteiger partial charge >= 0.3 is 5.97 Å². The van der Waals surface area contributed by atoms with Crippen LogP contribution in [0.3, 0.4) is 0 Å². The number of hydrogen-bond donors (Lipinski definition) is 1. The first-order valence-corrected chi connectivity index (χ1v) is 1.58. The molecular weight excluding hydrogens is 155 g/mol. The first-order chi connectivity index (χ1) is 2.27. The summed E-state index contributed by atoms with van der Waals surface area (Å²) in [7, 11) is 0. The molecule has 2 nitrogen and oxygen atoms in total. The van der Waals surface area contributed by atoms with Crippen molar-refractivity contribution in [2.75, 3.05) is 5.88 Å². The van der Waals surface area contributed by atoms with Gasteiger partial charge in [-0.25, -0.2) is 0 Å². The van der Waals surface area contributed by atoms with Crippen molar-refractivity contribution in [3.05, 3.63) is 0 Å². The van der Waals surface area contributed by atoms with Crippen LogP contribution in [0.2, 0.25) is 0 Å². The molecule has 41 valence electrons. The summed E-state index contributed by atoms with van der Waals surface area (Å²) in [6, 6.07) is 0. The molecule has 0 aliphatic rings. The van der Waals surface area contributed by atoms with Gasteiger partial charge in [-0.05, 0) is 0 Å². The summed E-state index contributed by atoms with van der Waals surface area (Å²) in [5.41, 5.74) is 0. The Morgan fingerprint density at radius 3 is 2.00 bits per heavy atom. The van der Waals surface area contributed by atoms with Crippen LogP contribution in [0.15, 0.2) is 0 Å². The zero-order valence-electron chi connectivity index (χ0n) is 2.74. The van der Waals surface area contributed by atoms with Crippen molar-refractivity contribution in [1.82, 2.24) is 0 Å². The molecular formula is C2H3ClCuO2. The van der Waals surface area contributed by atoms with Crippen LogP contribution in [0.5, 0.6) is 0 Å². The molecule has 0 spiro atoms. The second kappa shape index (κ2) is 5.28. The quantitative estimate of drug-likeness (QED) is 0.440. The number of halogens is 1. The molecule has 0 aromatic carbocycles. The molecule has 0 fully saturated rings. The fourth-order valence-electron chi connectivity index (χ4n) is 0. The number of hydrogen-bond acceptors (Lipinski definition) is 1. The van der Waals surface area contributed by atoms with Gasteiger partial charge in [0, 0.05) is 17.1 Å². The second-order valence-electron chi connectivity index (χ2n) is 0.527. The SMILES string of the molecule is O=C(O)CCl.[Cu]. The minimum atomic E-state index is -0.980. The van der Waals surface area contributed by atoms with Crippen molar-refractivity contribution in [1.29, 1.82) is 0 Å². The summed E-state index contributed by atoms with van der Waals surface area (Å²) in [4.78, 5) is 9.24.